The van der Waals surface area contributed by atoms with Gasteiger partial charge in [0.1, 0.15) is 0 Å². The molecule has 1 aromatic carbocycles. The van der Waals surface area contributed by atoms with Gasteiger partial charge in [0.25, 0.3) is 5.56 Å². The van der Waals surface area contributed by atoms with Gasteiger partial charge in [-0.25, -0.2) is 9.78 Å². The third kappa shape index (κ3) is 3.71. The van der Waals surface area contributed by atoms with Crippen LogP contribution >= 0.6 is 27.7 Å². The average Bonchev–Trinajstić information content (AvgIpc) is 2.36. The normalized spacial score (nSPS) is 10.5. The summed E-state index contributed by atoms with van der Waals surface area (Å²) in [6.07, 6.45) is 0. The predicted molar refractivity (Wildman–Crippen MR) is 80.3 cm³/mol. The predicted octanol–water partition coefficient (Wildman–Crippen LogP) is 2.83. The summed E-state index contributed by atoms with van der Waals surface area (Å²) in [6, 6.07) is 6.29. The van der Waals surface area contributed by atoms with Crippen molar-refractivity contribution < 1.29 is 9.90 Å². The Morgan fingerprint density at radius 3 is 2.80 bits per heavy atom. The molecule has 0 aliphatic carbocycles. The molecule has 0 spiro atoms. The van der Waals surface area contributed by atoms with E-state index in [2.05, 4.69) is 25.9 Å². The van der Waals surface area contributed by atoms with Crippen molar-refractivity contribution in [2.45, 2.75) is 17.8 Å². The molecule has 0 atom stereocenters. The summed E-state index contributed by atoms with van der Waals surface area (Å²) in [4.78, 5) is 29.0. The minimum absolute atomic E-state index is 0.180. The van der Waals surface area contributed by atoms with Gasteiger partial charge in [-0.05, 0) is 24.6 Å². The Morgan fingerprint density at radius 2 is 2.20 bits per heavy atom. The van der Waals surface area contributed by atoms with Gasteiger partial charge in [0.05, 0.1) is 5.56 Å². The second-order valence-corrected chi connectivity index (χ2v) is 5.91. The lowest BCUT2D eigenvalue weighted by molar-refractivity contribution is 0.0697. The van der Waals surface area contributed by atoms with Gasteiger partial charge >= 0.3 is 5.97 Å². The highest BCUT2D eigenvalue weighted by Crippen LogP contribution is 2.25. The molecule has 104 valence electrons. The second kappa shape index (κ2) is 6.23. The first-order chi connectivity index (χ1) is 9.45. The third-order valence-electron chi connectivity index (χ3n) is 2.51. The number of aryl methyl sites for hydroxylation is 1. The number of nitrogens with zero attached hydrogens (tertiary/aromatic N) is 1. The van der Waals surface area contributed by atoms with Gasteiger partial charge < -0.3 is 10.1 Å². The van der Waals surface area contributed by atoms with Crippen molar-refractivity contribution in [2.75, 3.05) is 0 Å². The van der Waals surface area contributed by atoms with E-state index in [4.69, 9.17) is 5.11 Å². The summed E-state index contributed by atoms with van der Waals surface area (Å²) >= 11 is 4.74. The van der Waals surface area contributed by atoms with Crippen LogP contribution in [0, 0.1) is 6.92 Å². The average molecular weight is 355 g/mol. The molecule has 0 bridgehead atoms. The Labute approximate surface area is 127 Å². The summed E-state index contributed by atoms with van der Waals surface area (Å²) in [5.74, 6) is -0.387. The van der Waals surface area contributed by atoms with Crippen molar-refractivity contribution in [2.24, 2.45) is 0 Å². The molecule has 20 heavy (non-hydrogen) atoms. The quantitative estimate of drug-likeness (QED) is 0.651. The highest BCUT2D eigenvalue weighted by molar-refractivity contribution is 9.10. The first kappa shape index (κ1) is 14.8. The summed E-state index contributed by atoms with van der Waals surface area (Å²) in [7, 11) is 0. The lowest BCUT2D eigenvalue weighted by Crippen LogP contribution is -2.08. The molecule has 2 rings (SSSR count). The van der Waals surface area contributed by atoms with Crippen LogP contribution in [0.2, 0.25) is 0 Å². The van der Waals surface area contributed by atoms with Crippen molar-refractivity contribution in [1.82, 2.24) is 9.97 Å². The number of aromatic carboxylic acids is 1. The fourth-order valence-electron chi connectivity index (χ4n) is 1.56. The number of aromatic nitrogens is 2. The topological polar surface area (TPSA) is 83.0 Å². The van der Waals surface area contributed by atoms with Gasteiger partial charge in [-0.1, -0.05) is 33.8 Å². The molecular formula is C13H11BrN2O3S. The van der Waals surface area contributed by atoms with Crippen LogP contribution in [0.15, 0.2) is 38.7 Å². The van der Waals surface area contributed by atoms with Gasteiger partial charge in [0, 0.05) is 22.0 Å². The van der Waals surface area contributed by atoms with Crippen LogP contribution in [-0.2, 0) is 5.75 Å². The number of carboxylic acids is 1. The van der Waals surface area contributed by atoms with Crippen LogP contribution in [0.4, 0.5) is 0 Å². The fourth-order valence-corrected chi connectivity index (χ4v) is 3.19. The molecule has 0 unspecified atom stereocenters. The molecule has 7 heteroatoms. The van der Waals surface area contributed by atoms with Crippen molar-refractivity contribution in [3.63, 3.8) is 0 Å². The maximum Gasteiger partial charge on any atom is 0.335 e. The largest absolute Gasteiger partial charge is 0.478 e. The smallest absolute Gasteiger partial charge is 0.335 e. The second-order valence-electron chi connectivity index (χ2n) is 4.09. The van der Waals surface area contributed by atoms with Crippen LogP contribution in [0.25, 0.3) is 0 Å². The molecule has 1 aromatic heterocycles. The molecule has 0 aliphatic heterocycles. The van der Waals surface area contributed by atoms with Gasteiger partial charge in [-0.15, -0.1) is 0 Å². The van der Waals surface area contributed by atoms with E-state index in [9.17, 15) is 9.59 Å². The molecule has 0 saturated carbocycles. The Kier molecular flexibility index (Phi) is 4.61. The fraction of sp³-hybridized carbons (Fsp3) is 0.154. The molecule has 1 heterocycles. The first-order valence-corrected chi connectivity index (χ1v) is 7.46. The van der Waals surface area contributed by atoms with Crippen molar-refractivity contribution in [3.8, 4) is 0 Å². The van der Waals surface area contributed by atoms with Crippen LogP contribution < -0.4 is 5.56 Å². The van der Waals surface area contributed by atoms with E-state index in [-0.39, 0.29) is 11.1 Å². The molecule has 0 radical (unpaired) electrons. The van der Waals surface area contributed by atoms with Crippen LogP contribution in [-0.4, -0.2) is 21.0 Å². The van der Waals surface area contributed by atoms with E-state index in [1.807, 2.05) is 0 Å². The number of benzene rings is 1. The van der Waals surface area contributed by atoms with Gasteiger partial charge in [-0.2, -0.15) is 0 Å². The number of carboxylic acid groups (broad SMARTS) is 1. The number of rotatable bonds is 4. The maximum atomic E-state index is 11.3. The minimum Gasteiger partial charge on any atom is -0.478 e. The summed E-state index contributed by atoms with van der Waals surface area (Å²) in [5.41, 5.74) is 1.65. The summed E-state index contributed by atoms with van der Waals surface area (Å²) in [5, 5.41) is 9.44. The monoisotopic (exact) mass is 354 g/mol. The first-order valence-electron chi connectivity index (χ1n) is 5.68. The van der Waals surface area contributed by atoms with Crippen LogP contribution in [0.1, 0.15) is 21.6 Å². The zero-order chi connectivity index (χ0) is 14.7. The van der Waals surface area contributed by atoms with Gasteiger partial charge in [-0.3, -0.25) is 4.79 Å². The van der Waals surface area contributed by atoms with Gasteiger partial charge in [0.15, 0.2) is 5.16 Å². The van der Waals surface area contributed by atoms with Gasteiger partial charge in [0.2, 0.25) is 0 Å². The highest BCUT2D eigenvalue weighted by atomic mass is 79.9. The summed E-state index contributed by atoms with van der Waals surface area (Å²) in [6.45, 7) is 1.76. The summed E-state index contributed by atoms with van der Waals surface area (Å²) < 4.78 is 0.722. The number of nitrogens with one attached hydrogen (secondary N) is 1. The number of halogens is 1. The lowest BCUT2D eigenvalue weighted by Gasteiger charge is -2.05. The van der Waals surface area contributed by atoms with Crippen LogP contribution in [0.3, 0.4) is 0 Å². The molecule has 5 nitrogen and oxygen atoms in total. The zero-order valence-corrected chi connectivity index (χ0v) is 12.9. The SMILES string of the molecule is Cc1cc(=O)[nH]c(SCc2ccc(C(=O)O)cc2Br)n1. The number of carbonyl (C=O) groups is 1. The molecule has 2 aromatic rings. The highest BCUT2D eigenvalue weighted by Gasteiger charge is 2.08. The van der Waals surface area contributed by atoms with E-state index in [1.54, 1.807) is 25.1 Å². The van der Waals surface area contributed by atoms with E-state index < -0.39 is 5.97 Å². The minimum atomic E-state index is -0.963. The van der Waals surface area contributed by atoms with Crippen molar-refractivity contribution >= 4 is 33.7 Å². The van der Waals surface area contributed by atoms with Crippen molar-refractivity contribution in [3.05, 3.63) is 55.9 Å². The van der Waals surface area contributed by atoms with E-state index in [1.165, 1.54) is 17.8 Å². The van der Waals surface area contributed by atoms with E-state index >= 15 is 0 Å². The Morgan fingerprint density at radius 1 is 1.45 bits per heavy atom. The molecule has 0 saturated heterocycles. The van der Waals surface area contributed by atoms with Crippen LogP contribution in [0.5, 0.6) is 0 Å². The van der Waals surface area contributed by atoms with E-state index in [0.29, 0.717) is 16.6 Å². The molecule has 0 aliphatic rings. The zero-order valence-electron chi connectivity index (χ0n) is 10.5. The molecular weight excluding hydrogens is 344 g/mol. The standard InChI is InChI=1S/C13H11BrN2O3S/c1-7-4-11(17)16-13(15-7)20-6-9-3-2-8(12(18)19)5-10(9)14/h2-5H,6H2,1H3,(H,18,19)(H,15,16,17). The Hall–Kier alpha value is -1.60. The number of hydrogen-bond donors (Lipinski definition) is 2. The maximum absolute atomic E-state index is 11.3. The molecule has 2 N–H and O–H groups in total. The molecule has 0 amide bonds. The van der Waals surface area contributed by atoms with E-state index in [0.717, 1.165) is 10.0 Å². The lowest BCUT2D eigenvalue weighted by atomic mass is 10.1. The molecule has 0 fully saturated rings. The number of hydrogen-bond acceptors (Lipinski definition) is 4. The number of aromatic amines is 1. The third-order valence-corrected chi connectivity index (χ3v) is 4.17. The Bertz CT molecular complexity index is 715. The number of H-pyrrole nitrogens is 1. The Balaban J connectivity index is 2.14. The number of thioether (sulfide) groups is 1. The van der Waals surface area contributed by atoms with Crippen molar-refractivity contribution in [1.29, 1.82) is 0 Å².